The molecule has 1 heterocycles. The SMILES string of the molecule is CCCCNC(=O)CCn1cc(C(=O)O)cn1. The molecule has 2 N–H and O–H groups in total. The van der Waals surface area contributed by atoms with Gasteiger partial charge in [-0.1, -0.05) is 13.3 Å². The van der Waals surface area contributed by atoms with E-state index in [1.165, 1.54) is 17.1 Å². The highest BCUT2D eigenvalue weighted by Crippen LogP contribution is 1.98. The molecule has 17 heavy (non-hydrogen) atoms. The Kier molecular flexibility index (Phi) is 5.19. The summed E-state index contributed by atoms with van der Waals surface area (Å²) in [4.78, 5) is 22.0. The van der Waals surface area contributed by atoms with Crippen molar-refractivity contribution in [3.63, 3.8) is 0 Å². The lowest BCUT2D eigenvalue weighted by atomic mass is 10.3. The van der Waals surface area contributed by atoms with E-state index >= 15 is 0 Å². The molecular weight excluding hydrogens is 222 g/mol. The van der Waals surface area contributed by atoms with Crippen molar-refractivity contribution in [3.8, 4) is 0 Å². The molecule has 1 rings (SSSR count). The highest BCUT2D eigenvalue weighted by molar-refractivity contribution is 5.86. The predicted octanol–water partition coefficient (Wildman–Crippen LogP) is 0.888. The lowest BCUT2D eigenvalue weighted by molar-refractivity contribution is -0.121. The third kappa shape index (κ3) is 4.67. The van der Waals surface area contributed by atoms with Gasteiger partial charge < -0.3 is 10.4 Å². The van der Waals surface area contributed by atoms with Gasteiger partial charge >= 0.3 is 5.97 Å². The lowest BCUT2D eigenvalue weighted by Crippen LogP contribution is -2.25. The second-order valence-electron chi connectivity index (χ2n) is 3.75. The van der Waals surface area contributed by atoms with Crippen LogP contribution in [0.5, 0.6) is 0 Å². The van der Waals surface area contributed by atoms with Crippen LogP contribution in [0.1, 0.15) is 36.5 Å². The minimum atomic E-state index is -1.01. The van der Waals surface area contributed by atoms with E-state index in [2.05, 4.69) is 17.3 Å². The maximum absolute atomic E-state index is 11.4. The van der Waals surface area contributed by atoms with Gasteiger partial charge in [0.05, 0.1) is 11.8 Å². The number of carboxylic acids is 1. The highest BCUT2D eigenvalue weighted by Gasteiger charge is 2.07. The van der Waals surface area contributed by atoms with Crippen LogP contribution in [0.3, 0.4) is 0 Å². The molecule has 1 aromatic rings. The van der Waals surface area contributed by atoms with Crippen LogP contribution in [-0.2, 0) is 11.3 Å². The summed E-state index contributed by atoms with van der Waals surface area (Å²) in [5, 5.41) is 15.3. The summed E-state index contributed by atoms with van der Waals surface area (Å²) in [6.07, 6.45) is 5.02. The van der Waals surface area contributed by atoms with Gasteiger partial charge in [0.25, 0.3) is 0 Å². The van der Waals surface area contributed by atoms with Crippen LogP contribution in [0.15, 0.2) is 12.4 Å². The zero-order chi connectivity index (χ0) is 12.7. The molecule has 0 atom stereocenters. The van der Waals surface area contributed by atoms with Crippen molar-refractivity contribution >= 4 is 11.9 Å². The van der Waals surface area contributed by atoms with Crippen molar-refractivity contribution in [2.45, 2.75) is 32.7 Å². The van der Waals surface area contributed by atoms with Gasteiger partial charge in [0, 0.05) is 25.7 Å². The van der Waals surface area contributed by atoms with Gasteiger partial charge in [-0.2, -0.15) is 5.10 Å². The van der Waals surface area contributed by atoms with Crippen LogP contribution in [0.2, 0.25) is 0 Å². The standard InChI is InChI=1S/C11H17N3O3/c1-2-3-5-12-10(15)4-6-14-8-9(7-13-14)11(16)17/h7-8H,2-6H2,1H3,(H,12,15)(H,16,17). The molecular formula is C11H17N3O3. The number of unbranched alkanes of at least 4 members (excludes halogenated alkanes) is 1. The first-order valence-corrected chi connectivity index (χ1v) is 5.66. The molecule has 0 spiro atoms. The Morgan fingerprint density at radius 3 is 2.88 bits per heavy atom. The fourth-order valence-electron chi connectivity index (χ4n) is 1.31. The number of aromatic nitrogens is 2. The zero-order valence-electron chi connectivity index (χ0n) is 9.85. The summed E-state index contributed by atoms with van der Waals surface area (Å²) < 4.78 is 1.46. The third-order valence-electron chi connectivity index (χ3n) is 2.30. The molecule has 0 fully saturated rings. The maximum atomic E-state index is 11.4. The Hall–Kier alpha value is -1.85. The van der Waals surface area contributed by atoms with Gasteiger partial charge in [0.1, 0.15) is 0 Å². The molecule has 0 bridgehead atoms. The van der Waals surface area contributed by atoms with Crippen molar-refractivity contribution < 1.29 is 14.7 Å². The monoisotopic (exact) mass is 239 g/mol. The first-order valence-electron chi connectivity index (χ1n) is 5.66. The topological polar surface area (TPSA) is 84.2 Å². The Morgan fingerprint density at radius 2 is 2.29 bits per heavy atom. The summed E-state index contributed by atoms with van der Waals surface area (Å²) in [6, 6.07) is 0. The second kappa shape index (κ2) is 6.67. The quantitative estimate of drug-likeness (QED) is 0.692. The molecule has 0 radical (unpaired) electrons. The van der Waals surface area contributed by atoms with Gasteiger partial charge in [-0.05, 0) is 6.42 Å². The zero-order valence-corrected chi connectivity index (χ0v) is 9.85. The van der Waals surface area contributed by atoms with Crippen LogP contribution in [0, 0.1) is 0 Å². The molecule has 1 aromatic heterocycles. The Morgan fingerprint density at radius 1 is 1.53 bits per heavy atom. The number of carboxylic acid groups (broad SMARTS) is 1. The third-order valence-corrected chi connectivity index (χ3v) is 2.30. The van der Waals surface area contributed by atoms with Gasteiger partial charge in [0.2, 0.25) is 5.91 Å². The molecule has 0 aliphatic rings. The van der Waals surface area contributed by atoms with E-state index in [0.29, 0.717) is 19.5 Å². The second-order valence-corrected chi connectivity index (χ2v) is 3.75. The molecule has 0 aromatic carbocycles. The minimum absolute atomic E-state index is 0.0363. The normalized spacial score (nSPS) is 10.2. The summed E-state index contributed by atoms with van der Waals surface area (Å²) in [6.45, 7) is 3.14. The van der Waals surface area contributed by atoms with Gasteiger partial charge in [-0.15, -0.1) is 0 Å². The summed E-state index contributed by atoms with van der Waals surface area (Å²) in [7, 11) is 0. The van der Waals surface area contributed by atoms with Crippen LogP contribution in [-0.4, -0.2) is 33.3 Å². The van der Waals surface area contributed by atoms with Gasteiger partial charge in [-0.3, -0.25) is 9.48 Å². The van der Waals surface area contributed by atoms with E-state index in [1.54, 1.807) is 0 Å². The number of amides is 1. The molecule has 6 heteroatoms. The van der Waals surface area contributed by atoms with Crippen molar-refractivity contribution in [3.05, 3.63) is 18.0 Å². The number of aromatic carboxylic acids is 1. The van der Waals surface area contributed by atoms with Crippen LogP contribution >= 0.6 is 0 Å². The molecule has 0 unspecified atom stereocenters. The van der Waals surface area contributed by atoms with E-state index in [4.69, 9.17) is 5.11 Å². The number of aryl methyl sites for hydroxylation is 1. The first kappa shape index (κ1) is 13.2. The number of nitrogens with zero attached hydrogens (tertiary/aromatic N) is 2. The van der Waals surface area contributed by atoms with E-state index < -0.39 is 5.97 Å². The van der Waals surface area contributed by atoms with Crippen molar-refractivity contribution in [2.24, 2.45) is 0 Å². The smallest absolute Gasteiger partial charge is 0.338 e. The number of rotatable bonds is 7. The number of hydrogen-bond acceptors (Lipinski definition) is 3. The van der Waals surface area contributed by atoms with Gasteiger partial charge in [-0.25, -0.2) is 4.79 Å². The number of carbonyl (C=O) groups excluding carboxylic acids is 1. The minimum Gasteiger partial charge on any atom is -0.478 e. The fraction of sp³-hybridized carbons (Fsp3) is 0.545. The van der Waals surface area contributed by atoms with Crippen LogP contribution in [0.4, 0.5) is 0 Å². The number of hydrogen-bond donors (Lipinski definition) is 2. The summed E-state index contributed by atoms with van der Waals surface area (Å²) in [5.41, 5.74) is 0.136. The van der Waals surface area contributed by atoms with Crippen molar-refractivity contribution in [1.29, 1.82) is 0 Å². The van der Waals surface area contributed by atoms with Crippen LogP contribution in [0.25, 0.3) is 0 Å². The van der Waals surface area contributed by atoms with E-state index in [-0.39, 0.29) is 11.5 Å². The van der Waals surface area contributed by atoms with E-state index in [9.17, 15) is 9.59 Å². The lowest BCUT2D eigenvalue weighted by Gasteiger charge is -2.04. The molecule has 0 saturated carbocycles. The largest absolute Gasteiger partial charge is 0.478 e. The first-order chi connectivity index (χ1) is 8.13. The summed E-state index contributed by atoms with van der Waals surface area (Å²) in [5.74, 6) is -1.05. The molecule has 1 amide bonds. The average Bonchev–Trinajstić information content (AvgIpc) is 2.75. The molecule has 0 aliphatic carbocycles. The number of nitrogens with one attached hydrogen (secondary N) is 1. The van der Waals surface area contributed by atoms with Crippen molar-refractivity contribution in [1.82, 2.24) is 15.1 Å². The highest BCUT2D eigenvalue weighted by atomic mass is 16.4. The fourth-order valence-corrected chi connectivity index (χ4v) is 1.31. The Balaban J connectivity index is 2.29. The Labute approximate surface area is 99.6 Å². The molecule has 6 nitrogen and oxygen atoms in total. The van der Waals surface area contributed by atoms with Crippen LogP contribution < -0.4 is 5.32 Å². The molecule has 94 valence electrons. The maximum Gasteiger partial charge on any atom is 0.338 e. The molecule has 0 aliphatic heterocycles. The van der Waals surface area contributed by atoms with Gasteiger partial charge in [0.15, 0.2) is 0 Å². The number of carbonyl (C=O) groups is 2. The summed E-state index contributed by atoms with van der Waals surface area (Å²) >= 11 is 0. The van der Waals surface area contributed by atoms with E-state index in [1.807, 2.05) is 0 Å². The predicted molar refractivity (Wildman–Crippen MR) is 61.7 cm³/mol. The average molecular weight is 239 g/mol. The molecule has 0 saturated heterocycles. The van der Waals surface area contributed by atoms with Crippen molar-refractivity contribution in [2.75, 3.05) is 6.54 Å². The van der Waals surface area contributed by atoms with E-state index in [0.717, 1.165) is 12.8 Å². The Bertz CT molecular complexity index is 387.